The molecule has 2 rings (SSSR count). The van der Waals surface area contributed by atoms with Crippen molar-refractivity contribution in [1.29, 1.82) is 0 Å². The van der Waals surface area contributed by atoms with Gasteiger partial charge in [-0.1, -0.05) is 30.3 Å². The fraction of sp³-hybridized carbons (Fsp3) is 0.625. The zero-order chi connectivity index (χ0) is 16.9. The lowest BCUT2D eigenvalue weighted by molar-refractivity contribution is -0.538. The molecule has 0 amide bonds. The molecule has 3 atom stereocenters. The van der Waals surface area contributed by atoms with Crippen molar-refractivity contribution in [3.05, 3.63) is 46.0 Å². The molecule has 7 heteroatoms. The number of nitrogens with zero attached hydrogens (tertiary/aromatic N) is 1. The highest BCUT2D eigenvalue weighted by Gasteiger charge is 2.43. The van der Waals surface area contributed by atoms with Crippen molar-refractivity contribution in [3.8, 4) is 0 Å². The third-order valence-electron chi connectivity index (χ3n) is 3.75. The monoisotopic (exact) mass is 325 g/mol. The minimum atomic E-state index is -1.23. The standard InChI is InChI=1S/C16H23NO6/c1-16(2)22-11-14(23-16)15(18)13(17(19)20)8-9-21-10-12-6-4-3-5-7-12/h3-7,13-15,18H,8-11H2,1-2H3/t13?,14-,15?/m1/s1. The molecule has 0 radical (unpaired) electrons. The van der Waals surface area contributed by atoms with Gasteiger partial charge in [0.25, 0.3) is 0 Å². The Bertz CT molecular complexity index is 507. The number of hydrogen-bond acceptors (Lipinski definition) is 6. The van der Waals surface area contributed by atoms with E-state index in [0.717, 1.165) is 5.56 Å². The largest absolute Gasteiger partial charge is 0.383 e. The van der Waals surface area contributed by atoms with Gasteiger partial charge in [0, 0.05) is 11.3 Å². The van der Waals surface area contributed by atoms with Crippen LogP contribution >= 0.6 is 0 Å². The second kappa shape index (κ2) is 7.83. The summed E-state index contributed by atoms with van der Waals surface area (Å²) in [7, 11) is 0. The Morgan fingerprint density at radius 3 is 2.70 bits per heavy atom. The van der Waals surface area contributed by atoms with Gasteiger partial charge in [0.15, 0.2) is 5.79 Å². The Kier molecular flexibility index (Phi) is 6.06. The molecule has 0 bridgehead atoms. The van der Waals surface area contributed by atoms with E-state index in [1.54, 1.807) is 13.8 Å². The predicted octanol–water partition coefficient (Wildman–Crippen LogP) is 1.75. The summed E-state index contributed by atoms with van der Waals surface area (Å²) in [6.45, 7) is 4.14. The van der Waals surface area contributed by atoms with E-state index in [0.29, 0.717) is 6.61 Å². The quantitative estimate of drug-likeness (QED) is 0.445. The molecule has 1 N–H and O–H groups in total. The maximum atomic E-state index is 11.2. The van der Waals surface area contributed by atoms with Crippen molar-refractivity contribution >= 4 is 0 Å². The highest BCUT2D eigenvalue weighted by atomic mass is 16.7. The van der Waals surface area contributed by atoms with E-state index < -0.39 is 29.0 Å². The van der Waals surface area contributed by atoms with Crippen molar-refractivity contribution in [2.45, 2.75) is 50.9 Å². The summed E-state index contributed by atoms with van der Waals surface area (Å²) in [4.78, 5) is 10.7. The number of hydrogen-bond donors (Lipinski definition) is 1. The number of aliphatic hydroxyl groups is 1. The zero-order valence-electron chi connectivity index (χ0n) is 13.4. The zero-order valence-corrected chi connectivity index (χ0v) is 13.4. The molecule has 1 aromatic rings. The van der Waals surface area contributed by atoms with Gasteiger partial charge in [-0.05, 0) is 19.4 Å². The Labute approximate surface area is 135 Å². The Morgan fingerprint density at radius 1 is 1.43 bits per heavy atom. The fourth-order valence-electron chi connectivity index (χ4n) is 2.50. The first-order valence-electron chi connectivity index (χ1n) is 7.64. The maximum Gasteiger partial charge on any atom is 0.243 e. The van der Waals surface area contributed by atoms with Crippen LogP contribution in [0.25, 0.3) is 0 Å². The number of benzene rings is 1. The molecule has 1 aromatic carbocycles. The number of aliphatic hydroxyl groups excluding tert-OH is 1. The molecule has 0 saturated carbocycles. The van der Waals surface area contributed by atoms with E-state index in [9.17, 15) is 15.2 Å². The Morgan fingerprint density at radius 2 is 2.13 bits per heavy atom. The van der Waals surface area contributed by atoms with Crippen LogP contribution in [0.2, 0.25) is 0 Å². The lowest BCUT2D eigenvalue weighted by Gasteiger charge is -2.22. The van der Waals surface area contributed by atoms with Crippen molar-refractivity contribution in [1.82, 2.24) is 0 Å². The summed E-state index contributed by atoms with van der Waals surface area (Å²) in [5.41, 5.74) is 1.000. The van der Waals surface area contributed by atoms with Gasteiger partial charge in [-0.15, -0.1) is 0 Å². The molecule has 0 aromatic heterocycles. The Balaban J connectivity index is 1.80. The first-order chi connectivity index (χ1) is 10.9. The first-order valence-corrected chi connectivity index (χ1v) is 7.64. The lowest BCUT2D eigenvalue weighted by atomic mass is 10.0. The van der Waals surface area contributed by atoms with E-state index in [1.807, 2.05) is 30.3 Å². The summed E-state index contributed by atoms with van der Waals surface area (Å²) in [6, 6.07) is 8.42. The summed E-state index contributed by atoms with van der Waals surface area (Å²) in [5.74, 6) is -0.823. The van der Waals surface area contributed by atoms with Gasteiger partial charge < -0.3 is 19.3 Å². The molecule has 1 fully saturated rings. The average Bonchev–Trinajstić information content (AvgIpc) is 2.87. The SMILES string of the molecule is CC1(C)OC[C@H](C(O)C(CCOCc2ccccc2)[N+](=O)[O-])O1. The molecule has 2 unspecified atom stereocenters. The normalized spacial score (nSPS) is 22.7. The minimum absolute atomic E-state index is 0.112. The van der Waals surface area contributed by atoms with Crippen molar-refractivity contribution in [3.63, 3.8) is 0 Å². The van der Waals surface area contributed by atoms with E-state index in [2.05, 4.69) is 0 Å². The van der Waals surface area contributed by atoms with Gasteiger partial charge in [0.2, 0.25) is 6.04 Å². The minimum Gasteiger partial charge on any atom is -0.383 e. The van der Waals surface area contributed by atoms with Gasteiger partial charge in [0.05, 0.1) is 19.8 Å². The smallest absolute Gasteiger partial charge is 0.243 e. The molecule has 0 aliphatic carbocycles. The number of rotatable bonds is 8. The van der Waals surface area contributed by atoms with Crippen LogP contribution in [0.1, 0.15) is 25.8 Å². The molecule has 0 spiro atoms. The van der Waals surface area contributed by atoms with Crippen LogP contribution < -0.4 is 0 Å². The fourth-order valence-corrected chi connectivity index (χ4v) is 2.50. The van der Waals surface area contributed by atoms with Gasteiger partial charge in [-0.3, -0.25) is 10.1 Å². The molecule has 23 heavy (non-hydrogen) atoms. The molecule has 1 saturated heterocycles. The van der Waals surface area contributed by atoms with E-state index in [4.69, 9.17) is 14.2 Å². The average molecular weight is 325 g/mol. The molecule has 128 valence electrons. The van der Waals surface area contributed by atoms with Gasteiger partial charge in [-0.2, -0.15) is 0 Å². The van der Waals surface area contributed by atoms with E-state index in [1.165, 1.54) is 0 Å². The summed E-state index contributed by atoms with van der Waals surface area (Å²) in [6.07, 6.45) is -1.82. The van der Waals surface area contributed by atoms with Crippen molar-refractivity contribution < 1.29 is 24.2 Å². The molecule has 1 heterocycles. The van der Waals surface area contributed by atoms with Gasteiger partial charge in [-0.25, -0.2) is 0 Å². The second-order valence-electron chi connectivity index (χ2n) is 6.04. The molecular formula is C16H23NO6. The van der Waals surface area contributed by atoms with Crippen LogP contribution in [0.3, 0.4) is 0 Å². The molecule has 7 nitrogen and oxygen atoms in total. The van der Waals surface area contributed by atoms with Crippen LogP contribution in [-0.4, -0.2) is 47.3 Å². The number of nitro groups is 1. The highest BCUT2D eigenvalue weighted by molar-refractivity contribution is 5.13. The molecule has 1 aliphatic rings. The molecule has 1 aliphatic heterocycles. The van der Waals surface area contributed by atoms with Crippen molar-refractivity contribution in [2.75, 3.05) is 13.2 Å². The van der Waals surface area contributed by atoms with Crippen LogP contribution in [0.4, 0.5) is 0 Å². The first kappa shape index (κ1) is 17.8. The summed E-state index contributed by atoms with van der Waals surface area (Å²) < 4.78 is 16.3. The third kappa shape index (κ3) is 5.24. The maximum absolute atomic E-state index is 11.2. The van der Waals surface area contributed by atoms with E-state index in [-0.39, 0.29) is 19.6 Å². The van der Waals surface area contributed by atoms with Gasteiger partial charge in [0.1, 0.15) is 12.2 Å². The predicted molar refractivity (Wildman–Crippen MR) is 82.4 cm³/mol. The van der Waals surface area contributed by atoms with Gasteiger partial charge >= 0.3 is 0 Å². The summed E-state index contributed by atoms with van der Waals surface area (Å²) in [5, 5.41) is 21.4. The molecular weight excluding hydrogens is 302 g/mol. The van der Waals surface area contributed by atoms with Crippen LogP contribution in [0.5, 0.6) is 0 Å². The highest BCUT2D eigenvalue weighted by Crippen LogP contribution is 2.26. The second-order valence-corrected chi connectivity index (χ2v) is 6.04. The lowest BCUT2D eigenvalue weighted by Crippen LogP contribution is -2.44. The van der Waals surface area contributed by atoms with E-state index >= 15 is 0 Å². The van der Waals surface area contributed by atoms with Crippen LogP contribution in [-0.2, 0) is 20.8 Å². The summed E-state index contributed by atoms with van der Waals surface area (Å²) >= 11 is 0. The van der Waals surface area contributed by atoms with Crippen molar-refractivity contribution in [2.24, 2.45) is 0 Å². The Hall–Kier alpha value is -1.54. The van der Waals surface area contributed by atoms with Crippen LogP contribution in [0.15, 0.2) is 30.3 Å². The van der Waals surface area contributed by atoms with Crippen LogP contribution in [0, 0.1) is 10.1 Å². The topological polar surface area (TPSA) is 91.1 Å². The number of ether oxygens (including phenoxy) is 3. The third-order valence-corrected chi connectivity index (χ3v) is 3.75.